The molecule has 6 heteroatoms. The molecule has 2 atom stereocenters. The Kier molecular flexibility index (Phi) is 2.92. The molecule has 2 fully saturated rings. The highest BCUT2D eigenvalue weighted by molar-refractivity contribution is 5.78. The van der Waals surface area contributed by atoms with E-state index in [2.05, 4.69) is 5.16 Å². The number of carbonyl (C=O) groups is 1. The molecule has 0 N–H and O–H groups in total. The summed E-state index contributed by atoms with van der Waals surface area (Å²) in [5.41, 5.74) is 1.85. The van der Waals surface area contributed by atoms with Crippen LogP contribution in [0.25, 0.3) is 11.3 Å². The van der Waals surface area contributed by atoms with Crippen LogP contribution in [0.15, 0.2) is 35.1 Å². The number of likely N-dealkylation sites (N-methyl/N-ethyl adjacent to an activating group) is 1. The monoisotopic (exact) mass is 299 g/mol. The fraction of sp³-hybridized carbons (Fsp3) is 0.438. The maximum absolute atomic E-state index is 12.3. The topological polar surface area (TPSA) is 53.5 Å². The summed E-state index contributed by atoms with van der Waals surface area (Å²) in [6, 6.07) is 6.44. The molecule has 4 rings (SSSR count). The number of hydrogen-bond donors (Lipinski definition) is 0. The molecule has 4 heterocycles. The Balaban J connectivity index is 1.62. The van der Waals surface area contributed by atoms with Gasteiger partial charge in [0, 0.05) is 37.4 Å². The Hall–Kier alpha value is -2.37. The molecule has 2 bridgehead atoms. The number of nitrogens with zero attached hydrogens (tertiary/aromatic N) is 4. The molecular formula is C16H19N4O2+. The molecule has 2 saturated heterocycles. The molecule has 6 nitrogen and oxygen atoms in total. The van der Waals surface area contributed by atoms with Crippen molar-refractivity contribution in [2.24, 2.45) is 7.05 Å². The summed E-state index contributed by atoms with van der Waals surface area (Å²) in [7, 11) is 3.86. The molecule has 0 unspecified atom stereocenters. The molecule has 2 aliphatic rings. The lowest BCUT2D eigenvalue weighted by Gasteiger charge is -2.28. The summed E-state index contributed by atoms with van der Waals surface area (Å²) in [5.74, 6) is 0.748. The Morgan fingerprint density at radius 3 is 2.86 bits per heavy atom. The quantitative estimate of drug-likeness (QED) is 0.794. The van der Waals surface area contributed by atoms with Crippen LogP contribution in [0.2, 0.25) is 0 Å². The minimum Gasteiger partial charge on any atom is -0.356 e. The average Bonchev–Trinajstić information content (AvgIpc) is 3.10. The highest BCUT2D eigenvalue weighted by atomic mass is 16.5. The SMILES string of the molecule is CN1C(=O)N2C[C@H]1CC[C@H]2c1cc(-c2cc[n+](C)cc2)on1. The molecule has 0 spiro atoms. The third kappa shape index (κ3) is 1.98. The molecule has 2 aliphatic heterocycles. The van der Waals surface area contributed by atoms with E-state index in [9.17, 15) is 4.79 Å². The first kappa shape index (κ1) is 13.3. The number of aryl methyl sites for hydroxylation is 1. The Bertz CT molecular complexity index is 709. The number of pyridine rings is 1. The van der Waals surface area contributed by atoms with Gasteiger partial charge in [-0.1, -0.05) is 5.16 Å². The molecule has 0 radical (unpaired) electrons. The summed E-state index contributed by atoms with van der Waals surface area (Å²) in [4.78, 5) is 16.0. The number of urea groups is 1. The van der Waals surface area contributed by atoms with Crippen LogP contribution in [0.3, 0.4) is 0 Å². The van der Waals surface area contributed by atoms with Crippen molar-refractivity contribution < 1.29 is 13.9 Å². The lowest BCUT2D eigenvalue weighted by molar-refractivity contribution is -0.671. The van der Waals surface area contributed by atoms with Crippen LogP contribution < -0.4 is 4.57 Å². The van der Waals surface area contributed by atoms with Gasteiger partial charge < -0.3 is 14.3 Å². The first-order valence-corrected chi connectivity index (χ1v) is 7.59. The first-order chi connectivity index (χ1) is 10.6. The molecule has 0 saturated carbocycles. The van der Waals surface area contributed by atoms with E-state index in [0.717, 1.165) is 36.4 Å². The van der Waals surface area contributed by atoms with Crippen molar-refractivity contribution >= 4 is 6.03 Å². The van der Waals surface area contributed by atoms with E-state index in [1.54, 1.807) is 0 Å². The molecule has 2 amide bonds. The maximum Gasteiger partial charge on any atom is 0.320 e. The van der Waals surface area contributed by atoms with Gasteiger partial charge in [0.15, 0.2) is 18.2 Å². The number of piperidine rings is 1. The molecule has 2 aromatic rings. The molecule has 22 heavy (non-hydrogen) atoms. The van der Waals surface area contributed by atoms with Crippen LogP contribution in [-0.4, -0.2) is 40.6 Å². The number of carbonyl (C=O) groups excluding carboxylic acids is 1. The summed E-state index contributed by atoms with van der Waals surface area (Å²) in [5, 5.41) is 4.22. The summed E-state index contributed by atoms with van der Waals surface area (Å²) >= 11 is 0. The van der Waals surface area contributed by atoms with Gasteiger partial charge in [0.25, 0.3) is 0 Å². The third-order valence-corrected chi connectivity index (χ3v) is 4.78. The zero-order valence-electron chi connectivity index (χ0n) is 12.8. The van der Waals surface area contributed by atoms with Gasteiger partial charge in [-0.05, 0) is 12.8 Å². The predicted molar refractivity (Wildman–Crippen MR) is 78.7 cm³/mol. The second-order valence-electron chi connectivity index (χ2n) is 6.16. The first-order valence-electron chi connectivity index (χ1n) is 7.59. The highest BCUT2D eigenvalue weighted by Crippen LogP contribution is 2.38. The van der Waals surface area contributed by atoms with Crippen LogP contribution in [0.5, 0.6) is 0 Å². The van der Waals surface area contributed by atoms with E-state index in [4.69, 9.17) is 4.52 Å². The van der Waals surface area contributed by atoms with Gasteiger partial charge in [0.1, 0.15) is 12.7 Å². The summed E-state index contributed by atoms with van der Waals surface area (Å²) in [6.45, 7) is 0.795. The Morgan fingerprint density at radius 2 is 2.09 bits per heavy atom. The van der Waals surface area contributed by atoms with Gasteiger partial charge >= 0.3 is 6.03 Å². The van der Waals surface area contributed by atoms with E-state index >= 15 is 0 Å². The fourth-order valence-electron chi connectivity index (χ4n) is 3.39. The Labute approximate surface area is 128 Å². The minimum absolute atomic E-state index is 0.0334. The number of aromatic nitrogens is 2. The Morgan fingerprint density at radius 1 is 1.32 bits per heavy atom. The normalized spacial score (nSPS) is 24.2. The van der Waals surface area contributed by atoms with Crippen molar-refractivity contribution in [1.29, 1.82) is 0 Å². The second-order valence-corrected chi connectivity index (χ2v) is 6.16. The third-order valence-electron chi connectivity index (χ3n) is 4.78. The van der Waals surface area contributed by atoms with Crippen molar-refractivity contribution in [1.82, 2.24) is 15.0 Å². The van der Waals surface area contributed by atoms with E-state index in [1.807, 2.05) is 59.1 Å². The van der Waals surface area contributed by atoms with Crippen LogP contribution in [0.1, 0.15) is 24.6 Å². The number of fused-ring (bicyclic) bond motifs is 2. The molecule has 0 aliphatic carbocycles. The lowest BCUT2D eigenvalue weighted by Crippen LogP contribution is -2.34. The number of rotatable bonds is 2. The maximum atomic E-state index is 12.3. The van der Waals surface area contributed by atoms with Gasteiger partial charge in [-0.25, -0.2) is 9.36 Å². The van der Waals surface area contributed by atoms with Crippen molar-refractivity contribution in [3.8, 4) is 11.3 Å². The van der Waals surface area contributed by atoms with Crippen LogP contribution in [-0.2, 0) is 7.05 Å². The van der Waals surface area contributed by atoms with Crippen molar-refractivity contribution in [3.63, 3.8) is 0 Å². The molecular weight excluding hydrogens is 280 g/mol. The zero-order chi connectivity index (χ0) is 15.3. The standard InChI is InChI=1S/C16H19N4O2/c1-18-7-5-11(6-8-18)15-9-13(17-22-15)14-4-3-12-10-20(14)16(21)19(12)2/h5-9,12,14H,3-4,10H2,1-2H3/q+1/t12-,14+/m1/s1. The van der Waals surface area contributed by atoms with E-state index < -0.39 is 0 Å². The van der Waals surface area contributed by atoms with Gasteiger partial charge in [-0.3, -0.25) is 0 Å². The van der Waals surface area contributed by atoms with Crippen LogP contribution in [0, 0.1) is 0 Å². The van der Waals surface area contributed by atoms with E-state index in [-0.39, 0.29) is 12.1 Å². The minimum atomic E-state index is 0.0334. The van der Waals surface area contributed by atoms with Gasteiger partial charge in [-0.2, -0.15) is 0 Å². The average molecular weight is 299 g/mol. The van der Waals surface area contributed by atoms with Crippen LogP contribution in [0.4, 0.5) is 4.79 Å². The van der Waals surface area contributed by atoms with Gasteiger partial charge in [0.05, 0.1) is 12.1 Å². The fourth-order valence-corrected chi connectivity index (χ4v) is 3.39. The number of amides is 2. The lowest BCUT2D eigenvalue weighted by atomic mass is 9.98. The van der Waals surface area contributed by atoms with Crippen molar-refractivity contribution in [3.05, 3.63) is 36.3 Å². The van der Waals surface area contributed by atoms with Crippen molar-refractivity contribution in [2.75, 3.05) is 13.6 Å². The van der Waals surface area contributed by atoms with E-state index in [1.165, 1.54) is 0 Å². The van der Waals surface area contributed by atoms with Gasteiger partial charge in [0.2, 0.25) is 0 Å². The molecule has 2 aromatic heterocycles. The van der Waals surface area contributed by atoms with Crippen LogP contribution >= 0.6 is 0 Å². The van der Waals surface area contributed by atoms with E-state index in [0.29, 0.717) is 6.04 Å². The molecule has 114 valence electrons. The number of hydrogen-bond acceptors (Lipinski definition) is 3. The largest absolute Gasteiger partial charge is 0.356 e. The zero-order valence-corrected chi connectivity index (χ0v) is 12.8. The highest BCUT2D eigenvalue weighted by Gasteiger charge is 2.44. The summed E-state index contributed by atoms with van der Waals surface area (Å²) < 4.78 is 7.47. The summed E-state index contributed by atoms with van der Waals surface area (Å²) in [6.07, 6.45) is 5.91. The predicted octanol–water partition coefficient (Wildman–Crippen LogP) is 1.74. The second kappa shape index (κ2) is 4.83. The molecule has 0 aromatic carbocycles. The smallest absolute Gasteiger partial charge is 0.320 e. The van der Waals surface area contributed by atoms with Gasteiger partial charge in [-0.15, -0.1) is 0 Å². The van der Waals surface area contributed by atoms with Crippen molar-refractivity contribution in [2.45, 2.75) is 24.9 Å².